The summed E-state index contributed by atoms with van der Waals surface area (Å²) in [5.74, 6) is -0.150. The van der Waals surface area contributed by atoms with Gasteiger partial charge in [-0.1, -0.05) is 22.2 Å². The van der Waals surface area contributed by atoms with Gasteiger partial charge in [0.05, 0.1) is 0 Å². The lowest BCUT2D eigenvalue weighted by Crippen LogP contribution is -2.05. The van der Waals surface area contributed by atoms with Crippen molar-refractivity contribution in [2.24, 2.45) is 4.99 Å². The van der Waals surface area contributed by atoms with E-state index in [0.717, 1.165) is 11.1 Å². The zero-order valence-corrected chi connectivity index (χ0v) is 10.8. The summed E-state index contributed by atoms with van der Waals surface area (Å²) in [4.78, 5) is 15.9. The van der Waals surface area contributed by atoms with Crippen LogP contribution < -0.4 is 0 Å². The number of carbonyl (C=O) groups is 1. The molecular formula is C13H9N3O2S. The van der Waals surface area contributed by atoms with Crippen molar-refractivity contribution in [2.75, 3.05) is 0 Å². The molecule has 0 saturated carbocycles. The van der Waals surface area contributed by atoms with Crippen LogP contribution in [0.4, 0.5) is 0 Å². The van der Waals surface area contributed by atoms with E-state index >= 15 is 0 Å². The van der Waals surface area contributed by atoms with Crippen LogP contribution in [0.3, 0.4) is 0 Å². The molecule has 2 aromatic rings. The number of ether oxygens (including phenoxy) is 1. The van der Waals surface area contributed by atoms with Gasteiger partial charge >= 0.3 is 5.97 Å². The molecule has 0 amide bonds. The first kappa shape index (κ1) is 11.7. The van der Waals surface area contributed by atoms with E-state index in [-0.39, 0.29) is 5.70 Å². The maximum atomic E-state index is 11.7. The van der Waals surface area contributed by atoms with E-state index in [1.165, 1.54) is 11.5 Å². The lowest BCUT2D eigenvalue weighted by Gasteiger charge is -1.99. The summed E-state index contributed by atoms with van der Waals surface area (Å²) in [6, 6.07) is 7.62. The average molecular weight is 271 g/mol. The fourth-order valence-corrected chi connectivity index (χ4v) is 2.02. The highest BCUT2D eigenvalue weighted by Crippen LogP contribution is 2.18. The number of rotatable bonds is 2. The Labute approximate surface area is 113 Å². The summed E-state index contributed by atoms with van der Waals surface area (Å²) in [5.41, 5.74) is 2.76. The van der Waals surface area contributed by atoms with Gasteiger partial charge in [0.1, 0.15) is 5.69 Å². The predicted octanol–water partition coefficient (Wildman–Crippen LogP) is 2.19. The summed E-state index contributed by atoms with van der Waals surface area (Å²) in [7, 11) is 0. The second kappa shape index (κ2) is 4.74. The monoisotopic (exact) mass is 271 g/mol. The van der Waals surface area contributed by atoms with E-state index in [4.69, 9.17) is 4.74 Å². The summed E-state index contributed by atoms with van der Waals surface area (Å²) < 4.78 is 8.87. The first-order valence-corrected chi connectivity index (χ1v) is 6.43. The van der Waals surface area contributed by atoms with Gasteiger partial charge in [-0.2, -0.15) is 0 Å². The van der Waals surface area contributed by atoms with Gasteiger partial charge < -0.3 is 4.74 Å². The number of aromatic nitrogens is 2. The first-order valence-electron chi connectivity index (χ1n) is 5.59. The number of nitrogens with zero attached hydrogens (tertiary/aromatic N) is 3. The molecule has 5 nitrogen and oxygen atoms in total. The van der Waals surface area contributed by atoms with Crippen molar-refractivity contribution in [1.29, 1.82) is 0 Å². The topological polar surface area (TPSA) is 64.4 Å². The Morgan fingerprint density at radius 1 is 1.26 bits per heavy atom. The molecule has 0 unspecified atom stereocenters. The van der Waals surface area contributed by atoms with E-state index in [1.54, 1.807) is 11.5 Å². The van der Waals surface area contributed by atoms with Crippen LogP contribution in [0, 0.1) is 6.92 Å². The molecule has 0 fully saturated rings. The minimum absolute atomic E-state index is 0.239. The number of aliphatic imine (C=N–C) groups is 1. The minimum atomic E-state index is -0.469. The van der Waals surface area contributed by atoms with Crippen LogP contribution in [-0.2, 0) is 9.53 Å². The Morgan fingerprint density at radius 2 is 2.05 bits per heavy atom. The second-order valence-electron chi connectivity index (χ2n) is 4.03. The fourth-order valence-electron chi connectivity index (χ4n) is 1.60. The molecule has 19 heavy (non-hydrogen) atoms. The Balaban J connectivity index is 1.93. The van der Waals surface area contributed by atoms with E-state index in [1.807, 2.05) is 31.2 Å². The maximum absolute atomic E-state index is 11.7. The van der Waals surface area contributed by atoms with Crippen LogP contribution in [0.5, 0.6) is 0 Å². The molecule has 6 heteroatoms. The van der Waals surface area contributed by atoms with Crippen LogP contribution in [0.25, 0.3) is 6.08 Å². The van der Waals surface area contributed by atoms with Gasteiger partial charge in [0, 0.05) is 10.9 Å². The molecule has 0 bridgehead atoms. The van der Waals surface area contributed by atoms with E-state index in [0.29, 0.717) is 11.6 Å². The maximum Gasteiger partial charge on any atom is 0.363 e. The van der Waals surface area contributed by atoms with Crippen molar-refractivity contribution >= 4 is 29.5 Å². The molecule has 3 rings (SSSR count). The molecule has 0 radical (unpaired) electrons. The van der Waals surface area contributed by atoms with Crippen LogP contribution in [-0.4, -0.2) is 21.5 Å². The summed E-state index contributed by atoms with van der Waals surface area (Å²) in [6.45, 7) is 1.99. The van der Waals surface area contributed by atoms with Gasteiger partial charge in [0.15, 0.2) is 5.70 Å². The number of cyclic esters (lactones) is 1. The molecule has 1 aliphatic rings. The molecule has 0 N–H and O–H groups in total. The molecule has 2 heterocycles. The molecular weight excluding hydrogens is 262 g/mol. The third kappa shape index (κ3) is 2.43. The van der Waals surface area contributed by atoms with Gasteiger partial charge in [-0.15, -0.1) is 5.10 Å². The van der Waals surface area contributed by atoms with Crippen molar-refractivity contribution in [1.82, 2.24) is 9.59 Å². The van der Waals surface area contributed by atoms with Gasteiger partial charge in [0.2, 0.25) is 5.90 Å². The van der Waals surface area contributed by atoms with Crippen molar-refractivity contribution in [3.05, 3.63) is 52.2 Å². The molecule has 0 spiro atoms. The van der Waals surface area contributed by atoms with E-state index < -0.39 is 5.97 Å². The summed E-state index contributed by atoms with van der Waals surface area (Å²) in [5, 5.41) is 5.57. The van der Waals surface area contributed by atoms with Crippen LogP contribution in [0.2, 0.25) is 0 Å². The summed E-state index contributed by atoms with van der Waals surface area (Å²) >= 11 is 1.22. The van der Waals surface area contributed by atoms with Crippen molar-refractivity contribution in [3.8, 4) is 0 Å². The number of esters is 1. The Bertz CT molecular complexity index is 672. The van der Waals surface area contributed by atoms with Gasteiger partial charge in [0.25, 0.3) is 0 Å². The molecule has 0 saturated heterocycles. The smallest absolute Gasteiger partial charge is 0.363 e. The van der Waals surface area contributed by atoms with E-state index in [9.17, 15) is 4.79 Å². The predicted molar refractivity (Wildman–Crippen MR) is 71.7 cm³/mol. The Morgan fingerprint density at radius 3 is 2.74 bits per heavy atom. The third-order valence-electron chi connectivity index (χ3n) is 2.58. The number of aryl methyl sites for hydroxylation is 1. The molecule has 1 aromatic carbocycles. The van der Waals surface area contributed by atoms with Gasteiger partial charge in [-0.25, -0.2) is 9.79 Å². The normalized spacial score (nSPS) is 16.6. The third-order valence-corrected chi connectivity index (χ3v) is 3.10. The number of hydrogen-bond donors (Lipinski definition) is 0. The minimum Gasteiger partial charge on any atom is -0.402 e. The molecule has 1 aromatic heterocycles. The zero-order chi connectivity index (χ0) is 13.2. The van der Waals surface area contributed by atoms with Crippen LogP contribution in [0.1, 0.15) is 16.8 Å². The zero-order valence-electron chi connectivity index (χ0n) is 10.0. The second-order valence-corrected chi connectivity index (χ2v) is 4.64. The van der Waals surface area contributed by atoms with Crippen molar-refractivity contribution in [3.63, 3.8) is 0 Å². The van der Waals surface area contributed by atoms with Crippen LogP contribution in [0.15, 0.2) is 40.3 Å². The van der Waals surface area contributed by atoms with Gasteiger partial charge in [-0.05, 0) is 36.7 Å². The first-order chi connectivity index (χ1) is 9.22. The standard InChI is InChI=1S/C13H9N3O2S/c1-8-2-4-9(5-3-8)12-14-11(13(17)18-12)6-10-7-19-16-15-10/h2-7H,1H3/b11-6-. The van der Waals surface area contributed by atoms with Gasteiger partial charge in [-0.3, -0.25) is 0 Å². The van der Waals surface area contributed by atoms with E-state index in [2.05, 4.69) is 14.6 Å². The highest BCUT2D eigenvalue weighted by atomic mass is 32.1. The SMILES string of the molecule is Cc1ccc(C2=N/C(=C\c3csnn3)C(=O)O2)cc1. The lowest BCUT2D eigenvalue weighted by atomic mass is 10.1. The Hall–Kier alpha value is -2.34. The Kier molecular flexibility index (Phi) is 2.92. The number of benzene rings is 1. The molecule has 0 aliphatic carbocycles. The average Bonchev–Trinajstić information content (AvgIpc) is 3.02. The lowest BCUT2D eigenvalue weighted by molar-refractivity contribution is -0.129. The highest BCUT2D eigenvalue weighted by molar-refractivity contribution is 7.03. The molecule has 94 valence electrons. The largest absolute Gasteiger partial charge is 0.402 e. The quantitative estimate of drug-likeness (QED) is 0.620. The van der Waals surface area contributed by atoms with Crippen molar-refractivity contribution < 1.29 is 9.53 Å². The number of carbonyl (C=O) groups excluding carboxylic acids is 1. The highest BCUT2D eigenvalue weighted by Gasteiger charge is 2.24. The fraction of sp³-hybridized carbons (Fsp3) is 0.0769. The molecule has 1 aliphatic heterocycles. The van der Waals surface area contributed by atoms with Crippen LogP contribution >= 0.6 is 11.5 Å². The van der Waals surface area contributed by atoms with Crippen molar-refractivity contribution in [2.45, 2.75) is 6.92 Å². The molecule has 0 atom stereocenters. The summed E-state index contributed by atoms with van der Waals surface area (Å²) in [6.07, 6.45) is 1.56. The number of hydrogen-bond acceptors (Lipinski definition) is 6.